The lowest BCUT2D eigenvalue weighted by Crippen LogP contribution is -2.29. The molecule has 3 rings (SSSR count). The molecule has 1 N–H and O–H groups in total. The van der Waals surface area contributed by atoms with Gasteiger partial charge in [-0.3, -0.25) is 9.59 Å². The van der Waals surface area contributed by atoms with E-state index in [1.165, 1.54) is 11.1 Å². The van der Waals surface area contributed by atoms with E-state index in [0.717, 1.165) is 24.1 Å². The zero-order chi connectivity index (χ0) is 22.2. The molecule has 31 heavy (non-hydrogen) atoms. The van der Waals surface area contributed by atoms with Gasteiger partial charge in [0.25, 0.3) is 5.91 Å². The molecule has 0 bridgehead atoms. The van der Waals surface area contributed by atoms with E-state index < -0.39 is 0 Å². The van der Waals surface area contributed by atoms with Gasteiger partial charge in [-0.2, -0.15) is 0 Å². The third-order valence-electron chi connectivity index (χ3n) is 5.70. The summed E-state index contributed by atoms with van der Waals surface area (Å²) in [4.78, 5) is 27.0. The van der Waals surface area contributed by atoms with Gasteiger partial charge < -0.3 is 10.2 Å². The van der Waals surface area contributed by atoms with Crippen molar-refractivity contribution in [3.8, 4) is 0 Å². The lowest BCUT2D eigenvalue weighted by molar-refractivity contribution is -0.131. The van der Waals surface area contributed by atoms with Crippen molar-refractivity contribution in [2.75, 3.05) is 12.4 Å². The fourth-order valence-corrected chi connectivity index (χ4v) is 3.48. The van der Waals surface area contributed by atoms with Crippen LogP contribution in [0.3, 0.4) is 0 Å². The Morgan fingerprint density at radius 3 is 2.26 bits per heavy atom. The molecule has 0 aliphatic carbocycles. The molecule has 0 spiro atoms. The number of hydrogen-bond donors (Lipinski definition) is 1. The van der Waals surface area contributed by atoms with Crippen molar-refractivity contribution in [3.05, 3.63) is 101 Å². The van der Waals surface area contributed by atoms with Crippen LogP contribution in [0.25, 0.3) is 0 Å². The van der Waals surface area contributed by atoms with Gasteiger partial charge in [-0.25, -0.2) is 0 Å². The van der Waals surface area contributed by atoms with Crippen LogP contribution in [-0.2, 0) is 17.6 Å². The predicted molar refractivity (Wildman–Crippen MR) is 126 cm³/mol. The van der Waals surface area contributed by atoms with Crippen LogP contribution in [-0.4, -0.2) is 23.8 Å². The number of nitrogens with one attached hydrogen (secondary N) is 1. The molecular formula is C27H30N2O2. The van der Waals surface area contributed by atoms with Crippen LogP contribution < -0.4 is 5.32 Å². The molecule has 4 heteroatoms. The molecule has 4 nitrogen and oxygen atoms in total. The fourth-order valence-electron chi connectivity index (χ4n) is 3.48. The number of anilines is 1. The van der Waals surface area contributed by atoms with Gasteiger partial charge in [-0.05, 0) is 60.7 Å². The number of carbonyl (C=O) groups excluding carboxylic acids is 2. The number of hydrogen-bond acceptors (Lipinski definition) is 2. The minimum atomic E-state index is -0.149. The maximum absolute atomic E-state index is 12.8. The van der Waals surface area contributed by atoms with Gasteiger partial charge in [-0.15, -0.1) is 0 Å². The molecule has 0 saturated carbocycles. The highest BCUT2D eigenvalue weighted by molar-refractivity contribution is 6.04. The maximum Gasteiger partial charge on any atom is 0.255 e. The molecule has 0 radical (unpaired) electrons. The molecular weight excluding hydrogens is 384 g/mol. The molecule has 0 aliphatic rings. The van der Waals surface area contributed by atoms with Crippen LogP contribution in [0.5, 0.6) is 0 Å². The highest BCUT2D eigenvalue weighted by atomic mass is 16.2. The van der Waals surface area contributed by atoms with E-state index in [1.54, 1.807) is 17.0 Å². The monoisotopic (exact) mass is 414 g/mol. The molecule has 0 aliphatic heterocycles. The standard InChI is InChI=1S/C27H30N2O2/c1-4-21-13-15-22(16-14-21)17-18-26(30)29(3)20(2)24-11-8-12-25(19-24)28-27(31)23-9-6-5-7-10-23/h5-16,19-20H,4,17-18H2,1-3H3,(H,28,31). The second kappa shape index (κ2) is 10.6. The lowest BCUT2D eigenvalue weighted by Gasteiger charge is -2.26. The van der Waals surface area contributed by atoms with E-state index >= 15 is 0 Å². The summed E-state index contributed by atoms with van der Waals surface area (Å²) in [6.45, 7) is 4.14. The Kier molecular flexibility index (Phi) is 7.60. The van der Waals surface area contributed by atoms with Gasteiger partial charge in [0.05, 0.1) is 6.04 Å². The summed E-state index contributed by atoms with van der Waals surface area (Å²) in [6, 6.07) is 25.2. The average Bonchev–Trinajstić information content (AvgIpc) is 2.82. The van der Waals surface area contributed by atoms with Gasteiger partial charge in [0.15, 0.2) is 0 Å². The minimum absolute atomic E-state index is 0.0939. The maximum atomic E-state index is 12.8. The van der Waals surface area contributed by atoms with Crippen LogP contribution >= 0.6 is 0 Å². The number of carbonyl (C=O) groups is 2. The average molecular weight is 415 g/mol. The zero-order valence-corrected chi connectivity index (χ0v) is 18.5. The lowest BCUT2D eigenvalue weighted by atomic mass is 10.0. The summed E-state index contributed by atoms with van der Waals surface area (Å²) in [5.41, 5.74) is 4.79. The molecule has 2 amide bonds. The molecule has 1 unspecified atom stereocenters. The van der Waals surface area contributed by atoms with Gasteiger partial charge in [0.1, 0.15) is 0 Å². The van der Waals surface area contributed by atoms with Crippen LogP contribution in [0.2, 0.25) is 0 Å². The number of rotatable bonds is 8. The molecule has 3 aromatic rings. The number of aryl methyl sites for hydroxylation is 2. The van der Waals surface area contributed by atoms with Crippen LogP contribution in [0, 0.1) is 0 Å². The summed E-state index contributed by atoms with van der Waals surface area (Å²) in [5.74, 6) is -0.0466. The first-order chi connectivity index (χ1) is 15.0. The Morgan fingerprint density at radius 2 is 1.58 bits per heavy atom. The highest BCUT2D eigenvalue weighted by Gasteiger charge is 2.18. The molecule has 0 heterocycles. The first-order valence-electron chi connectivity index (χ1n) is 10.8. The second-order valence-corrected chi connectivity index (χ2v) is 7.80. The van der Waals surface area contributed by atoms with Crippen molar-refractivity contribution in [2.45, 2.75) is 39.2 Å². The first kappa shape index (κ1) is 22.3. The van der Waals surface area contributed by atoms with Crippen LogP contribution in [0.1, 0.15) is 53.4 Å². The molecule has 3 aromatic carbocycles. The Labute approximate surface area is 184 Å². The molecule has 0 fully saturated rings. The molecule has 160 valence electrons. The van der Waals surface area contributed by atoms with Gasteiger partial charge >= 0.3 is 0 Å². The normalized spacial score (nSPS) is 11.6. The summed E-state index contributed by atoms with van der Waals surface area (Å²) in [5, 5.41) is 2.94. The highest BCUT2D eigenvalue weighted by Crippen LogP contribution is 2.23. The third-order valence-corrected chi connectivity index (χ3v) is 5.70. The SMILES string of the molecule is CCc1ccc(CCC(=O)N(C)C(C)c2cccc(NC(=O)c3ccccc3)c2)cc1. The topological polar surface area (TPSA) is 49.4 Å². The second-order valence-electron chi connectivity index (χ2n) is 7.80. The van der Waals surface area contributed by atoms with E-state index in [9.17, 15) is 9.59 Å². The van der Waals surface area contributed by atoms with Gasteiger partial charge in [0.2, 0.25) is 5.91 Å². The van der Waals surface area contributed by atoms with Crippen LogP contribution in [0.4, 0.5) is 5.69 Å². The minimum Gasteiger partial charge on any atom is -0.339 e. The Morgan fingerprint density at radius 1 is 0.903 bits per heavy atom. The van der Waals surface area contributed by atoms with E-state index in [0.29, 0.717) is 12.0 Å². The summed E-state index contributed by atoms with van der Waals surface area (Å²) in [7, 11) is 1.84. The van der Waals surface area contributed by atoms with E-state index in [4.69, 9.17) is 0 Å². The molecule has 0 saturated heterocycles. The Balaban J connectivity index is 1.60. The fraction of sp³-hybridized carbons (Fsp3) is 0.259. The summed E-state index contributed by atoms with van der Waals surface area (Å²) in [6.07, 6.45) is 2.22. The zero-order valence-electron chi connectivity index (χ0n) is 18.5. The Hall–Kier alpha value is -3.40. The predicted octanol–water partition coefficient (Wildman–Crippen LogP) is 5.65. The quantitative estimate of drug-likeness (QED) is 0.517. The molecule has 0 aromatic heterocycles. The summed E-state index contributed by atoms with van der Waals surface area (Å²) >= 11 is 0. The number of amides is 2. The van der Waals surface area contributed by atoms with E-state index in [-0.39, 0.29) is 17.9 Å². The van der Waals surface area contributed by atoms with Crippen molar-refractivity contribution in [1.82, 2.24) is 4.90 Å². The van der Waals surface area contributed by atoms with E-state index in [2.05, 4.69) is 36.5 Å². The van der Waals surface area contributed by atoms with Gasteiger partial charge in [-0.1, -0.05) is 61.5 Å². The first-order valence-corrected chi connectivity index (χ1v) is 10.8. The largest absolute Gasteiger partial charge is 0.339 e. The Bertz CT molecular complexity index is 1010. The van der Waals surface area contributed by atoms with Crippen molar-refractivity contribution >= 4 is 17.5 Å². The van der Waals surface area contributed by atoms with Crippen molar-refractivity contribution in [2.24, 2.45) is 0 Å². The third kappa shape index (κ3) is 6.05. The smallest absolute Gasteiger partial charge is 0.255 e. The summed E-state index contributed by atoms with van der Waals surface area (Å²) < 4.78 is 0. The van der Waals surface area contributed by atoms with Crippen LogP contribution in [0.15, 0.2) is 78.9 Å². The van der Waals surface area contributed by atoms with E-state index in [1.807, 2.05) is 56.4 Å². The number of benzene rings is 3. The van der Waals surface area contributed by atoms with Crippen molar-refractivity contribution in [3.63, 3.8) is 0 Å². The molecule has 1 atom stereocenters. The van der Waals surface area contributed by atoms with Crippen molar-refractivity contribution in [1.29, 1.82) is 0 Å². The number of nitrogens with zero attached hydrogens (tertiary/aromatic N) is 1. The van der Waals surface area contributed by atoms with Gasteiger partial charge in [0, 0.05) is 24.7 Å². The van der Waals surface area contributed by atoms with Crippen molar-refractivity contribution < 1.29 is 9.59 Å².